The summed E-state index contributed by atoms with van der Waals surface area (Å²) in [5.74, 6) is 0.251. The van der Waals surface area contributed by atoms with E-state index in [4.69, 9.17) is 10.00 Å². The third-order valence-electron chi connectivity index (χ3n) is 3.70. The van der Waals surface area contributed by atoms with E-state index < -0.39 is 0 Å². The second-order valence-electron chi connectivity index (χ2n) is 5.82. The molecule has 0 spiro atoms. The molecular weight excluding hydrogens is 314 g/mol. The van der Waals surface area contributed by atoms with E-state index in [0.717, 1.165) is 19.5 Å². The first-order chi connectivity index (χ1) is 12.2. The maximum Gasteiger partial charge on any atom is 0.257 e. The number of para-hydroxylation sites is 1. The van der Waals surface area contributed by atoms with Crippen LogP contribution in [0.15, 0.2) is 54.6 Å². The molecule has 130 valence electrons. The molecule has 0 aliphatic rings. The molecule has 0 radical (unpaired) electrons. The average Bonchev–Trinajstić information content (AvgIpc) is 2.64. The second kappa shape index (κ2) is 10.1. The minimum Gasteiger partial charge on any atom is -0.482 e. The van der Waals surface area contributed by atoms with Crippen LogP contribution in [0.3, 0.4) is 0 Å². The number of hydrogen-bond acceptors (Lipinski definition) is 4. The van der Waals surface area contributed by atoms with Crippen molar-refractivity contribution in [3.05, 3.63) is 65.7 Å². The highest BCUT2D eigenvalue weighted by molar-refractivity contribution is 5.77. The molecule has 0 aromatic heterocycles. The van der Waals surface area contributed by atoms with Crippen molar-refractivity contribution >= 4 is 5.91 Å². The molecule has 0 unspecified atom stereocenters. The number of nitriles is 1. The third kappa shape index (κ3) is 6.66. The fourth-order valence-corrected chi connectivity index (χ4v) is 2.43. The molecule has 0 saturated carbocycles. The normalized spacial score (nSPS) is 10.3. The average molecular weight is 337 g/mol. The van der Waals surface area contributed by atoms with Gasteiger partial charge < -0.3 is 15.0 Å². The Bertz CT molecular complexity index is 710. The third-order valence-corrected chi connectivity index (χ3v) is 3.70. The quantitative estimate of drug-likeness (QED) is 0.714. The lowest BCUT2D eigenvalue weighted by atomic mass is 10.2. The number of nitrogens with zero attached hydrogens (tertiary/aromatic N) is 2. The first kappa shape index (κ1) is 18.5. The first-order valence-corrected chi connectivity index (χ1v) is 8.30. The summed E-state index contributed by atoms with van der Waals surface area (Å²) in [5.41, 5.74) is 1.71. The van der Waals surface area contributed by atoms with E-state index in [0.29, 0.717) is 17.9 Å². The number of ether oxygens (including phenoxy) is 1. The second-order valence-corrected chi connectivity index (χ2v) is 5.82. The predicted molar refractivity (Wildman–Crippen MR) is 97.1 cm³/mol. The predicted octanol–water partition coefficient (Wildman–Crippen LogP) is 2.58. The molecule has 5 nitrogen and oxygen atoms in total. The summed E-state index contributed by atoms with van der Waals surface area (Å²) in [4.78, 5) is 14.0. The van der Waals surface area contributed by atoms with Gasteiger partial charge in [0.2, 0.25) is 0 Å². The van der Waals surface area contributed by atoms with Crippen molar-refractivity contribution in [2.45, 2.75) is 13.0 Å². The molecule has 0 fully saturated rings. The summed E-state index contributed by atoms with van der Waals surface area (Å²) in [7, 11) is 2.07. The van der Waals surface area contributed by atoms with E-state index in [1.807, 2.05) is 24.3 Å². The zero-order chi connectivity index (χ0) is 17.9. The molecular formula is C20H23N3O2. The van der Waals surface area contributed by atoms with Gasteiger partial charge in [0.15, 0.2) is 6.61 Å². The molecule has 25 heavy (non-hydrogen) atoms. The van der Waals surface area contributed by atoms with Gasteiger partial charge in [0.1, 0.15) is 11.8 Å². The van der Waals surface area contributed by atoms with Crippen molar-refractivity contribution in [3.63, 3.8) is 0 Å². The summed E-state index contributed by atoms with van der Waals surface area (Å²) in [6.07, 6.45) is 0.865. The van der Waals surface area contributed by atoms with Gasteiger partial charge in [-0.3, -0.25) is 4.79 Å². The number of carbonyl (C=O) groups excluding carboxylic acids is 1. The van der Waals surface area contributed by atoms with Crippen LogP contribution in [-0.2, 0) is 11.3 Å². The molecule has 1 amide bonds. The largest absolute Gasteiger partial charge is 0.482 e. The van der Waals surface area contributed by atoms with Gasteiger partial charge in [-0.25, -0.2) is 0 Å². The summed E-state index contributed by atoms with van der Waals surface area (Å²) in [5, 5.41) is 11.8. The smallest absolute Gasteiger partial charge is 0.257 e. The zero-order valence-electron chi connectivity index (χ0n) is 14.4. The van der Waals surface area contributed by atoms with Crippen LogP contribution in [0.25, 0.3) is 0 Å². The van der Waals surface area contributed by atoms with Crippen molar-refractivity contribution in [2.24, 2.45) is 0 Å². The van der Waals surface area contributed by atoms with Gasteiger partial charge in [-0.1, -0.05) is 42.5 Å². The summed E-state index contributed by atoms with van der Waals surface area (Å²) in [6, 6.07) is 19.2. The molecule has 2 rings (SSSR count). The van der Waals surface area contributed by atoms with Crippen LogP contribution in [0.5, 0.6) is 5.75 Å². The maximum atomic E-state index is 11.8. The molecule has 2 aromatic rings. The summed E-state index contributed by atoms with van der Waals surface area (Å²) < 4.78 is 5.40. The molecule has 0 saturated heterocycles. The molecule has 0 aliphatic heterocycles. The van der Waals surface area contributed by atoms with Crippen LogP contribution in [0.2, 0.25) is 0 Å². The van der Waals surface area contributed by atoms with Crippen molar-refractivity contribution in [1.29, 1.82) is 5.26 Å². The lowest BCUT2D eigenvalue weighted by Gasteiger charge is -2.16. The molecule has 2 aromatic carbocycles. The lowest BCUT2D eigenvalue weighted by Crippen LogP contribution is -2.31. The highest BCUT2D eigenvalue weighted by Gasteiger charge is 2.06. The highest BCUT2D eigenvalue weighted by Crippen LogP contribution is 2.16. The molecule has 0 bridgehead atoms. The van der Waals surface area contributed by atoms with Gasteiger partial charge in [-0.2, -0.15) is 5.26 Å². The zero-order valence-corrected chi connectivity index (χ0v) is 14.4. The molecule has 0 aliphatic carbocycles. The fourth-order valence-electron chi connectivity index (χ4n) is 2.43. The summed E-state index contributed by atoms with van der Waals surface area (Å²) >= 11 is 0. The Morgan fingerprint density at radius 2 is 1.88 bits per heavy atom. The van der Waals surface area contributed by atoms with Crippen LogP contribution >= 0.6 is 0 Å². The van der Waals surface area contributed by atoms with Crippen molar-refractivity contribution in [3.8, 4) is 11.8 Å². The van der Waals surface area contributed by atoms with E-state index in [1.54, 1.807) is 24.3 Å². The van der Waals surface area contributed by atoms with Gasteiger partial charge in [0.05, 0.1) is 5.56 Å². The molecule has 0 heterocycles. The van der Waals surface area contributed by atoms with Crippen LogP contribution < -0.4 is 10.1 Å². The van der Waals surface area contributed by atoms with Crippen molar-refractivity contribution in [1.82, 2.24) is 10.2 Å². The molecule has 5 heteroatoms. The van der Waals surface area contributed by atoms with E-state index in [-0.39, 0.29) is 12.5 Å². The van der Waals surface area contributed by atoms with Gasteiger partial charge in [0.25, 0.3) is 5.91 Å². The van der Waals surface area contributed by atoms with E-state index in [2.05, 4.69) is 29.4 Å². The maximum absolute atomic E-state index is 11.8. The van der Waals surface area contributed by atoms with E-state index in [9.17, 15) is 4.79 Å². The Labute approximate surface area is 148 Å². The Balaban J connectivity index is 1.61. The minimum atomic E-state index is -0.182. The van der Waals surface area contributed by atoms with E-state index >= 15 is 0 Å². The number of rotatable bonds is 9. The van der Waals surface area contributed by atoms with Gasteiger partial charge >= 0.3 is 0 Å². The fraction of sp³-hybridized carbons (Fsp3) is 0.300. The van der Waals surface area contributed by atoms with Crippen molar-refractivity contribution < 1.29 is 9.53 Å². The van der Waals surface area contributed by atoms with Crippen LogP contribution in [-0.4, -0.2) is 37.6 Å². The highest BCUT2D eigenvalue weighted by atomic mass is 16.5. The SMILES string of the molecule is CN(CCCNC(=O)COc1ccccc1C#N)Cc1ccccc1. The standard InChI is InChI=1S/C20H23N3O2/c1-23(15-17-8-3-2-4-9-17)13-7-12-22-20(24)16-25-19-11-6-5-10-18(19)14-21/h2-6,8-11H,7,12-13,15-16H2,1H3,(H,22,24). The topological polar surface area (TPSA) is 65.4 Å². The van der Waals surface area contributed by atoms with Crippen molar-refractivity contribution in [2.75, 3.05) is 26.7 Å². The van der Waals surface area contributed by atoms with Crippen LogP contribution in [0, 0.1) is 11.3 Å². The minimum absolute atomic E-state index is 0.0848. The van der Waals surface area contributed by atoms with E-state index in [1.165, 1.54) is 5.56 Å². The first-order valence-electron chi connectivity index (χ1n) is 8.30. The number of carbonyl (C=O) groups is 1. The van der Waals surface area contributed by atoms with Gasteiger partial charge in [0, 0.05) is 13.1 Å². The molecule has 0 atom stereocenters. The van der Waals surface area contributed by atoms with Crippen LogP contribution in [0.1, 0.15) is 17.5 Å². The lowest BCUT2D eigenvalue weighted by molar-refractivity contribution is -0.123. The van der Waals surface area contributed by atoms with Gasteiger partial charge in [-0.15, -0.1) is 0 Å². The van der Waals surface area contributed by atoms with Gasteiger partial charge in [-0.05, 0) is 37.7 Å². The Kier molecular flexibility index (Phi) is 7.48. The molecule has 1 N–H and O–H groups in total. The summed E-state index contributed by atoms with van der Waals surface area (Å²) in [6.45, 7) is 2.30. The Morgan fingerprint density at radius 3 is 2.64 bits per heavy atom. The Morgan fingerprint density at radius 1 is 1.16 bits per heavy atom. The number of nitrogens with one attached hydrogen (secondary N) is 1. The van der Waals surface area contributed by atoms with Crippen LogP contribution in [0.4, 0.5) is 0 Å². The number of amides is 1. The monoisotopic (exact) mass is 337 g/mol. The number of benzene rings is 2. The Hall–Kier alpha value is -2.84. The number of hydrogen-bond donors (Lipinski definition) is 1.